The number of aromatic nitrogens is 2. The molecule has 3 rings (SSSR count). The lowest BCUT2D eigenvalue weighted by molar-refractivity contribution is 0.799. The SMILES string of the molecule is Cc1c(C)n(Cc2ccccc2)c2cnccc12. The number of rotatable bonds is 2. The quantitative estimate of drug-likeness (QED) is 0.663. The second-order valence-electron chi connectivity index (χ2n) is 4.67. The highest BCUT2D eigenvalue weighted by atomic mass is 15.0. The fraction of sp³-hybridized carbons (Fsp3) is 0.188. The first kappa shape index (κ1) is 11.0. The minimum atomic E-state index is 0.905. The summed E-state index contributed by atoms with van der Waals surface area (Å²) in [5, 5.41) is 1.30. The normalized spacial score (nSPS) is 11.0. The number of fused-ring (bicyclic) bond motifs is 1. The number of benzene rings is 1. The Labute approximate surface area is 107 Å². The van der Waals surface area contributed by atoms with Crippen molar-refractivity contribution in [3.63, 3.8) is 0 Å². The molecule has 0 spiro atoms. The van der Waals surface area contributed by atoms with Crippen LogP contribution in [0.5, 0.6) is 0 Å². The fourth-order valence-corrected chi connectivity index (χ4v) is 2.47. The van der Waals surface area contributed by atoms with E-state index in [1.165, 1.54) is 27.7 Å². The van der Waals surface area contributed by atoms with Gasteiger partial charge in [0.2, 0.25) is 0 Å². The van der Waals surface area contributed by atoms with Crippen LogP contribution in [0, 0.1) is 13.8 Å². The van der Waals surface area contributed by atoms with Crippen LogP contribution in [-0.4, -0.2) is 9.55 Å². The molecular weight excluding hydrogens is 220 g/mol. The number of hydrogen-bond acceptors (Lipinski definition) is 1. The van der Waals surface area contributed by atoms with E-state index >= 15 is 0 Å². The lowest BCUT2D eigenvalue weighted by atomic mass is 10.2. The molecule has 1 aromatic carbocycles. The van der Waals surface area contributed by atoms with Gasteiger partial charge in [0.05, 0.1) is 11.7 Å². The summed E-state index contributed by atoms with van der Waals surface area (Å²) in [6.45, 7) is 5.26. The predicted molar refractivity (Wildman–Crippen MR) is 74.8 cm³/mol. The largest absolute Gasteiger partial charge is 0.339 e. The van der Waals surface area contributed by atoms with E-state index < -0.39 is 0 Å². The van der Waals surface area contributed by atoms with Gasteiger partial charge in [0, 0.05) is 23.8 Å². The van der Waals surface area contributed by atoms with Gasteiger partial charge in [-0.2, -0.15) is 0 Å². The Morgan fingerprint density at radius 1 is 1.06 bits per heavy atom. The Morgan fingerprint density at radius 2 is 1.83 bits per heavy atom. The second-order valence-corrected chi connectivity index (χ2v) is 4.67. The second kappa shape index (κ2) is 4.30. The van der Waals surface area contributed by atoms with Crippen molar-refractivity contribution in [1.82, 2.24) is 9.55 Å². The molecule has 0 bridgehead atoms. The summed E-state index contributed by atoms with van der Waals surface area (Å²) in [6.07, 6.45) is 3.82. The summed E-state index contributed by atoms with van der Waals surface area (Å²) in [6, 6.07) is 12.6. The molecule has 0 aliphatic heterocycles. The van der Waals surface area contributed by atoms with Crippen molar-refractivity contribution in [2.75, 3.05) is 0 Å². The van der Waals surface area contributed by atoms with E-state index in [2.05, 4.69) is 59.8 Å². The molecule has 0 N–H and O–H groups in total. The molecule has 2 aromatic heterocycles. The highest BCUT2D eigenvalue weighted by molar-refractivity contribution is 5.84. The minimum Gasteiger partial charge on any atom is -0.339 e. The van der Waals surface area contributed by atoms with Crippen molar-refractivity contribution in [1.29, 1.82) is 0 Å². The zero-order chi connectivity index (χ0) is 12.5. The van der Waals surface area contributed by atoms with E-state index in [1.807, 2.05) is 12.4 Å². The maximum absolute atomic E-state index is 4.25. The summed E-state index contributed by atoms with van der Waals surface area (Å²) in [7, 11) is 0. The lowest BCUT2D eigenvalue weighted by Crippen LogP contribution is -2.01. The molecule has 0 fully saturated rings. The van der Waals surface area contributed by atoms with Crippen LogP contribution in [0.1, 0.15) is 16.8 Å². The zero-order valence-corrected chi connectivity index (χ0v) is 10.7. The minimum absolute atomic E-state index is 0.905. The van der Waals surface area contributed by atoms with Gasteiger partial charge in [-0.1, -0.05) is 30.3 Å². The van der Waals surface area contributed by atoms with Crippen molar-refractivity contribution in [3.05, 3.63) is 65.6 Å². The summed E-state index contributed by atoms with van der Waals surface area (Å²) < 4.78 is 2.34. The van der Waals surface area contributed by atoms with E-state index in [-0.39, 0.29) is 0 Å². The standard InChI is InChI=1S/C16H16N2/c1-12-13(2)18(11-14-6-4-3-5-7-14)16-10-17-9-8-15(12)16/h3-10H,11H2,1-2H3. The first-order valence-electron chi connectivity index (χ1n) is 6.20. The Kier molecular flexibility index (Phi) is 2.63. The smallest absolute Gasteiger partial charge is 0.0674 e. The average molecular weight is 236 g/mol. The average Bonchev–Trinajstić information content (AvgIpc) is 2.66. The number of pyridine rings is 1. The van der Waals surface area contributed by atoms with Crippen LogP contribution in [0.3, 0.4) is 0 Å². The third-order valence-corrected chi connectivity index (χ3v) is 3.63. The maximum Gasteiger partial charge on any atom is 0.0674 e. The monoisotopic (exact) mass is 236 g/mol. The molecule has 18 heavy (non-hydrogen) atoms. The highest BCUT2D eigenvalue weighted by Crippen LogP contribution is 2.24. The van der Waals surface area contributed by atoms with Crippen molar-refractivity contribution in [2.45, 2.75) is 20.4 Å². The van der Waals surface area contributed by atoms with Crippen LogP contribution in [0.25, 0.3) is 10.9 Å². The molecule has 2 heterocycles. The maximum atomic E-state index is 4.25. The van der Waals surface area contributed by atoms with E-state index in [0.29, 0.717) is 0 Å². The zero-order valence-electron chi connectivity index (χ0n) is 10.7. The van der Waals surface area contributed by atoms with E-state index in [0.717, 1.165) is 6.54 Å². The van der Waals surface area contributed by atoms with Crippen LogP contribution in [0.15, 0.2) is 48.8 Å². The first-order chi connectivity index (χ1) is 8.77. The molecular formula is C16H16N2. The topological polar surface area (TPSA) is 17.8 Å². The van der Waals surface area contributed by atoms with Gasteiger partial charge in [0.1, 0.15) is 0 Å². The molecule has 2 heteroatoms. The molecule has 0 atom stereocenters. The Morgan fingerprint density at radius 3 is 2.61 bits per heavy atom. The highest BCUT2D eigenvalue weighted by Gasteiger charge is 2.10. The summed E-state index contributed by atoms with van der Waals surface area (Å²) in [5.74, 6) is 0. The van der Waals surface area contributed by atoms with Crippen LogP contribution in [0.2, 0.25) is 0 Å². The molecule has 0 amide bonds. The van der Waals surface area contributed by atoms with E-state index in [1.54, 1.807) is 0 Å². The van der Waals surface area contributed by atoms with Gasteiger partial charge in [0.15, 0.2) is 0 Å². The molecule has 0 saturated carbocycles. The van der Waals surface area contributed by atoms with Crippen molar-refractivity contribution < 1.29 is 0 Å². The molecule has 0 aliphatic carbocycles. The van der Waals surface area contributed by atoms with Crippen LogP contribution < -0.4 is 0 Å². The third-order valence-electron chi connectivity index (χ3n) is 3.63. The lowest BCUT2D eigenvalue weighted by Gasteiger charge is -2.08. The van der Waals surface area contributed by atoms with Gasteiger partial charge in [-0.05, 0) is 31.0 Å². The summed E-state index contributed by atoms with van der Waals surface area (Å²) >= 11 is 0. The predicted octanol–water partition coefficient (Wildman–Crippen LogP) is 3.70. The van der Waals surface area contributed by atoms with Crippen LogP contribution in [0.4, 0.5) is 0 Å². The molecule has 90 valence electrons. The first-order valence-corrected chi connectivity index (χ1v) is 6.20. The Balaban J connectivity index is 2.15. The third kappa shape index (κ3) is 1.70. The van der Waals surface area contributed by atoms with Gasteiger partial charge in [-0.15, -0.1) is 0 Å². The summed E-state index contributed by atoms with van der Waals surface area (Å²) in [5.41, 5.74) is 5.21. The van der Waals surface area contributed by atoms with Gasteiger partial charge < -0.3 is 4.57 Å². The molecule has 0 unspecified atom stereocenters. The van der Waals surface area contributed by atoms with Crippen molar-refractivity contribution in [3.8, 4) is 0 Å². The van der Waals surface area contributed by atoms with Crippen molar-refractivity contribution in [2.24, 2.45) is 0 Å². The molecule has 0 saturated heterocycles. The number of hydrogen-bond donors (Lipinski definition) is 0. The van der Waals surface area contributed by atoms with Crippen LogP contribution in [-0.2, 0) is 6.54 Å². The Hall–Kier alpha value is -2.09. The Bertz CT molecular complexity index is 681. The number of aryl methyl sites for hydroxylation is 1. The fourth-order valence-electron chi connectivity index (χ4n) is 2.47. The van der Waals surface area contributed by atoms with Crippen molar-refractivity contribution >= 4 is 10.9 Å². The van der Waals surface area contributed by atoms with Gasteiger partial charge in [-0.25, -0.2) is 0 Å². The van der Waals surface area contributed by atoms with E-state index in [4.69, 9.17) is 0 Å². The number of nitrogens with zero attached hydrogens (tertiary/aromatic N) is 2. The summed E-state index contributed by atoms with van der Waals surface area (Å²) in [4.78, 5) is 4.25. The van der Waals surface area contributed by atoms with E-state index in [9.17, 15) is 0 Å². The van der Waals surface area contributed by atoms with Gasteiger partial charge >= 0.3 is 0 Å². The molecule has 2 nitrogen and oxygen atoms in total. The van der Waals surface area contributed by atoms with Crippen LogP contribution >= 0.6 is 0 Å². The molecule has 0 radical (unpaired) electrons. The van der Waals surface area contributed by atoms with Gasteiger partial charge in [0.25, 0.3) is 0 Å². The van der Waals surface area contributed by atoms with Gasteiger partial charge in [-0.3, -0.25) is 4.98 Å². The molecule has 0 aliphatic rings. The molecule has 3 aromatic rings.